The van der Waals surface area contributed by atoms with Crippen LogP contribution in [0.1, 0.15) is 26.7 Å². The molecular formula is C8H16N2O. The molecule has 2 unspecified atom stereocenters. The van der Waals surface area contributed by atoms with E-state index in [2.05, 4.69) is 6.92 Å². The molecule has 0 bridgehead atoms. The molecule has 1 saturated heterocycles. The van der Waals surface area contributed by atoms with Crippen LogP contribution in [-0.2, 0) is 4.79 Å². The maximum Gasteiger partial charge on any atom is 0.239 e. The van der Waals surface area contributed by atoms with Crippen LogP contribution in [0.5, 0.6) is 0 Å². The smallest absolute Gasteiger partial charge is 0.239 e. The van der Waals surface area contributed by atoms with Crippen molar-refractivity contribution in [1.82, 2.24) is 4.90 Å². The summed E-state index contributed by atoms with van der Waals surface area (Å²) < 4.78 is 0. The summed E-state index contributed by atoms with van der Waals surface area (Å²) in [5.41, 5.74) is 5.49. The predicted octanol–water partition coefficient (Wildman–Crippen LogP) is 0.345. The summed E-state index contributed by atoms with van der Waals surface area (Å²) in [4.78, 5) is 13.2. The Labute approximate surface area is 67.5 Å². The van der Waals surface area contributed by atoms with E-state index in [0.717, 1.165) is 19.4 Å². The molecule has 0 radical (unpaired) electrons. The van der Waals surface area contributed by atoms with Gasteiger partial charge in [-0.05, 0) is 26.7 Å². The minimum Gasteiger partial charge on any atom is -0.339 e. The lowest BCUT2D eigenvalue weighted by molar-refractivity contribution is -0.132. The van der Waals surface area contributed by atoms with E-state index in [9.17, 15) is 4.79 Å². The first-order valence-electron chi connectivity index (χ1n) is 4.19. The van der Waals surface area contributed by atoms with Gasteiger partial charge in [-0.2, -0.15) is 0 Å². The molecule has 64 valence electrons. The van der Waals surface area contributed by atoms with Gasteiger partial charge in [0, 0.05) is 12.6 Å². The van der Waals surface area contributed by atoms with Crippen LogP contribution < -0.4 is 5.73 Å². The van der Waals surface area contributed by atoms with Crippen LogP contribution in [0.3, 0.4) is 0 Å². The Morgan fingerprint density at radius 3 is 2.73 bits per heavy atom. The highest BCUT2D eigenvalue weighted by atomic mass is 16.2. The van der Waals surface area contributed by atoms with Gasteiger partial charge in [-0.1, -0.05) is 0 Å². The number of nitrogens with zero attached hydrogens (tertiary/aromatic N) is 1. The second-order valence-corrected chi connectivity index (χ2v) is 3.31. The van der Waals surface area contributed by atoms with E-state index in [1.807, 2.05) is 4.90 Å². The molecule has 0 aromatic heterocycles. The van der Waals surface area contributed by atoms with E-state index < -0.39 is 0 Å². The first-order chi connectivity index (χ1) is 5.13. The first kappa shape index (κ1) is 8.53. The average Bonchev–Trinajstić information content (AvgIpc) is 2.33. The Balaban J connectivity index is 2.53. The fourth-order valence-electron chi connectivity index (χ4n) is 1.52. The zero-order valence-electron chi connectivity index (χ0n) is 7.21. The molecule has 3 nitrogen and oxygen atoms in total. The van der Waals surface area contributed by atoms with Gasteiger partial charge in [-0.15, -0.1) is 0 Å². The number of carbonyl (C=O) groups excluding carboxylic acids is 1. The normalized spacial score (nSPS) is 27.2. The van der Waals surface area contributed by atoms with Crippen molar-refractivity contribution in [2.75, 3.05) is 6.54 Å². The van der Waals surface area contributed by atoms with Gasteiger partial charge < -0.3 is 10.6 Å². The molecule has 0 aliphatic carbocycles. The van der Waals surface area contributed by atoms with Crippen molar-refractivity contribution in [3.8, 4) is 0 Å². The largest absolute Gasteiger partial charge is 0.339 e. The Bertz CT molecular complexity index is 156. The topological polar surface area (TPSA) is 46.3 Å². The highest BCUT2D eigenvalue weighted by molar-refractivity contribution is 5.81. The number of nitrogens with two attached hydrogens (primary N) is 1. The molecule has 1 aliphatic heterocycles. The molecule has 2 atom stereocenters. The molecule has 1 amide bonds. The molecular weight excluding hydrogens is 140 g/mol. The first-order valence-corrected chi connectivity index (χ1v) is 4.19. The molecule has 11 heavy (non-hydrogen) atoms. The van der Waals surface area contributed by atoms with Gasteiger partial charge in [0.15, 0.2) is 0 Å². The van der Waals surface area contributed by atoms with Crippen molar-refractivity contribution in [3.63, 3.8) is 0 Å². The highest BCUT2D eigenvalue weighted by Gasteiger charge is 2.26. The van der Waals surface area contributed by atoms with Crippen LogP contribution in [0, 0.1) is 0 Å². The number of carbonyl (C=O) groups is 1. The standard InChI is InChI=1S/C8H16N2O/c1-6-4-3-5-10(6)8(11)7(2)9/h6-7H,3-5,9H2,1-2H3. The maximum absolute atomic E-state index is 11.4. The quantitative estimate of drug-likeness (QED) is 0.595. The third kappa shape index (κ3) is 1.71. The second kappa shape index (κ2) is 3.22. The van der Waals surface area contributed by atoms with Gasteiger partial charge in [-0.3, -0.25) is 4.79 Å². The molecule has 0 spiro atoms. The summed E-state index contributed by atoms with van der Waals surface area (Å²) in [5, 5.41) is 0. The van der Waals surface area contributed by atoms with Crippen molar-refractivity contribution in [2.24, 2.45) is 5.73 Å². The van der Waals surface area contributed by atoms with E-state index in [0.29, 0.717) is 6.04 Å². The summed E-state index contributed by atoms with van der Waals surface area (Å²) in [7, 11) is 0. The predicted molar refractivity (Wildman–Crippen MR) is 44.1 cm³/mol. The van der Waals surface area contributed by atoms with E-state index in [4.69, 9.17) is 5.73 Å². The zero-order valence-corrected chi connectivity index (χ0v) is 7.21. The number of hydrogen-bond donors (Lipinski definition) is 1. The van der Waals surface area contributed by atoms with E-state index in [1.54, 1.807) is 6.92 Å². The van der Waals surface area contributed by atoms with Crippen molar-refractivity contribution in [1.29, 1.82) is 0 Å². The highest BCUT2D eigenvalue weighted by Crippen LogP contribution is 2.16. The van der Waals surface area contributed by atoms with Crippen molar-refractivity contribution in [3.05, 3.63) is 0 Å². The van der Waals surface area contributed by atoms with Gasteiger partial charge in [0.1, 0.15) is 0 Å². The number of hydrogen-bond acceptors (Lipinski definition) is 2. The van der Waals surface area contributed by atoms with E-state index in [-0.39, 0.29) is 11.9 Å². The molecule has 1 rings (SSSR count). The van der Waals surface area contributed by atoms with Crippen LogP contribution in [0.4, 0.5) is 0 Å². The summed E-state index contributed by atoms with van der Waals surface area (Å²) in [6, 6.07) is 0.0593. The number of rotatable bonds is 1. The third-order valence-electron chi connectivity index (χ3n) is 2.23. The minimum atomic E-state index is -0.337. The summed E-state index contributed by atoms with van der Waals surface area (Å²) in [5.74, 6) is 0.0926. The Hall–Kier alpha value is -0.570. The molecule has 0 saturated carbocycles. The van der Waals surface area contributed by atoms with Crippen molar-refractivity contribution < 1.29 is 4.79 Å². The molecule has 1 heterocycles. The monoisotopic (exact) mass is 156 g/mol. The molecule has 0 aromatic rings. The number of amides is 1. The van der Waals surface area contributed by atoms with Gasteiger partial charge in [-0.25, -0.2) is 0 Å². The Morgan fingerprint density at radius 1 is 1.73 bits per heavy atom. The van der Waals surface area contributed by atoms with Crippen molar-refractivity contribution >= 4 is 5.91 Å². The molecule has 1 fully saturated rings. The lowest BCUT2D eigenvalue weighted by atomic mass is 10.2. The second-order valence-electron chi connectivity index (χ2n) is 3.31. The van der Waals surface area contributed by atoms with Crippen LogP contribution in [0.25, 0.3) is 0 Å². The third-order valence-corrected chi connectivity index (χ3v) is 2.23. The van der Waals surface area contributed by atoms with Gasteiger partial charge in [0.2, 0.25) is 5.91 Å². The fourth-order valence-corrected chi connectivity index (χ4v) is 1.52. The summed E-state index contributed by atoms with van der Waals surface area (Å²) in [6.07, 6.45) is 2.25. The van der Waals surface area contributed by atoms with Gasteiger partial charge >= 0.3 is 0 Å². The molecule has 0 aromatic carbocycles. The Morgan fingerprint density at radius 2 is 2.36 bits per heavy atom. The van der Waals surface area contributed by atoms with Gasteiger partial charge in [0.25, 0.3) is 0 Å². The molecule has 2 N–H and O–H groups in total. The van der Waals surface area contributed by atoms with Crippen LogP contribution >= 0.6 is 0 Å². The Kier molecular flexibility index (Phi) is 2.49. The van der Waals surface area contributed by atoms with Crippen LogP contribution in [0.2, 0.25) is 0 Å². The summed E-state index contributed by atoms with van der Waals surface area (Å²) in [6.45, 7) is 4.71. The van der Waals surface area contributed by atoms with Crippen LogP contribution in [0.15, 0.2) is 0 Å². The van der Waals surface area contributed by atoms with E-state index in [1.165, 1.54) is 0 Å². The average molecular weight is 156 g/mol. The minimum absolute atomic E-state index is 0.0926. The molecule has 3 heteroatoms. The van der Waals surface area contributed by atoms with Crippen LogP contribution in [-0.4, -0.2) is 29.4 Å². The van der Waals surface area contributed by atoms with Gasteiger partial charge in [0.05, 0.1) is 6.04 Å². The molecule has 1 aliphatic rings. The zero-order chi connectivity index (χ0) is 8.43. The summed E-state index contributed by atoms with van der Waals surface area (Å²) >= 11 is 0. The lowest BCUT2D eigenvalue weighted by Crippen LogP contribution is -2.43. The van der Waals surface area contributed by atoms with Crippen molar-refractivity contribution in [2.45, 2.75) is 38.8 Å². The fraction of sp³-hybridized carbons (Fsp3) is 0.875. The maximum atomic E-state index is 11.4. The number of likely N-dealkylation sites (tertiary alicyclic amines) is 1. The SMILES string of the molecule is CC(N)C(=O)N1CCCC1C. The van der Waals surface area contributed by atoms with E-state index >= 15 is 0 Å². The lowest BCUT2D eigenvalue weighted by Gasteiger charge is -2.23.